The normalized spacial score (nSPS) is 12.2. The molecule has 3 N–H and O–H groups in total. The van der Waals surface area contributed by atoms with E-state index in [0.717, 1.165) is 34.0 Å². The van der Waals surface area contributed by atoms with Crippen molar-refractivity contribution in [2.24, 2.45) is 11.1 Å². The third-order valence-corrected chi connectivity index (χ3v) is 8.13. The molecular formula is C34H34N4S. The highest BCUT2D eigenvalue weighted by Gasteiger charge is 2.28. The van der Waals surface area contributed by atoms with Crippen LogP contribution in [0, 0.1) is 5.41 Å². The molecule has 39 heavy (non-hydrogen) atoms. The molecule has 1 unspecified atom stereocenters. The molecule has 196 valence electrons. The minimum Gasteiger partial charge on any atom is -0.369 e. The molecule has 4 nitrogen and oxygen atoms in total. The lowest BCUT2D eigenvalue weighted by atomic mass is 9.81. The summed E-state index contributed by atoms with van der Waals surface area (Å²) in [5, 5.41) is 3.57. The zero-order chi connectivity index (χ0) is 27.1. The predicted molar refractivity (Wildman–Crippen MR) is 165 cm³/mol. The lowest BCUT2D eigenvalue weighted by Gasteiger charge is -2.32. The van der Waals surface area contributed by atoms with Gasteiger partial charge in [-0.2, -0.15) is 0 Å². The average molecular weight is 531 g/mol. The van der Waals surface area contributed by atoms with Gasteiger partial charge in [0, 0.05) is 52.2 Å². The van der Waals surface area contributed by atoms with E-state index in [-0.39, 0.29) is 11.5 Å². The Bertz CT molecular complexity index is 1490. The van der Waals surface area contributed by atoms with E-state index in [1.165, 1.54) is 16.0 Å². The molecule has 2 heterocycles. The second kappa shape index (κ2) is 12.3. The third-order valence-electron chi connectivity index (χ3n) is 6.99. The van der Waals surface area contributed by atoms with Crippen molar-refractivity contribution >= 4 is 17.6 Å². The Balaban J connectivity index is 1.44. The van der Waals surface area contributed by atoms with Crippen molar-refractivity contribution in [2.45, 2.75) is 30.5 Å². The van der Waals surface area contributed by atoms with Crippen molar-refractivity contribution < 1.29 is 0 Å². The van der Waals surface area contributed by atoms with Crippen LogP contribution in [-0.2, 0) is 5.75 Å². The number of anilines is 1. The zero-order valence-corrected chi connectivity index (χ0v) is 23.2. The van der Waals surface area contributed by atoms with E-state index in [1.807, 2.05) is 54.5 Å². The van der Waals surface area contributed by atoms with E-state index in [2.05, 4.69) is 103 Å². The molecule has 0 radical (unpaired) electrons. The van der Waals surface area contributed by atoms with Gasteiger partial charge in [-0.15, -0.1) is 11.8 Å². The zero-order valence-electron chi connectivity index (χ0n) is 22.4. The maximum atomic E-state index is 6.68. The number of hydrogen-bond acceptors (Lipinski definition) is 5. The van der Waals surface area contributed by atoms with E-state index in [4.69, 9.17) is 10.7 Å². The number of nitrogens with two attached hydrogens (primary N) is 1. The van der Waals surface area contributed by atoms with Gasteiger partial charge in [0.05, 0.1) is 5.69 Å². The molecule has 5 rings (SSSR count). The summed E-state index contributed by atoms with van der Waals surface area (Å²) in [7, 11) is 0. The molecule has 0 spiro atoms. The van der Waals surface area contributed by atoms with E-state index < -0.39 is 0 Å². The molecule has 5 heteroatoms. The molecular weight excluding hydrogens is 496 g/mol. The van der Waals surface area contributed by atoms with Crippen LogP contribution in [0.2, 0.25) is 0 Å². The first-order valence-corrected chi connectivity index (χ1v) is 14.2. The first-order valence-electron chi connectivity index (χ1n) is 13.2. The number of benzene rings is 3. The van der Waals surface area contributed by atoms with Gasteiger partial charge in [0.2, 0.25) is 0 Å². The summed E-state index contributed by atoms with van der Waals surface area (Å²) in [5.41, 5.74) is 13.2. The molecule has 5 aromatic rings. The first-order chi connectivity index (χ1) is 19.0. The standard InChI is InChI=1S/C34H34N4S/c1-34(2,33(35)27-13-7-4-8-14-27)24-37-31-18-17-29(32(38-31)26-19-21-36-22-20-26)28-15-9-10-16-30(28)39-23-25-11-5-3-6-12-25/h3-22,33H,23-24,35H2,1-2H3,(H,37,38). The van der Waals surface area contributed by atoms with Gasteiger partial charge in [0.15, 0.2) is 0 Å². The summed E-state index contributed by atoms with van der Waals surface area (Å²) in [6, 6.07) is 37.6. The van der Waals surface area contributed by atoms with Gasteiger partial charge in [-0.05, 0) is 47.0 Å². The summed E-state index contributed by atoms with van der Waals surface area (Å²) in [5.74, 6) is 1.74. The van der Waals surface area contributed by atoms with Crippen molar-refractivity contribution in [1.82, 2.24) is 9.97 Å². The molecule has 0 saturated carbocycles. The molecule has 3 aromatic carbocycles. The molecule has 0 fully saturated rings. The van der Waals surface area contributed by atoms with Gasteiger partial charge in [0.1, 0.15) is 5.82 Å². The number of nitrogens with zero attached hydrogens (tertiary/aromatic N) is 2. The van der Waals surface area contributed by atoms with Crippen molar-refractivity contribution in [1.29, 1.82) is 0 Å². The Kier molecular flexibility index (Phi) is 8.40. The van der Waals surface area contributed by atoms with Crippen molar-refractivity contribution in [3.63, 3.8) is 0 Å². The smallest absolute Gasteiger partial charge is 0.126 e. The summed E-state index contributed by atoms with van der Waals surface area (Å²) in [6.07, 6.45) is 3.64. The highest BCUT2D eigenvalue weighted by atomic mass is 32.2. The molecule has 1 atom stereocenters. The number of thioether (sulfide) groups is 1. The van der Waals surface area contributed by atoms with Crippen LogP contribution < -0.4 is 11.1 Å². The van der Waals surface area contributed by atoms with Crippen LogP contribution in [0.25, 0.3) is 22.4 Å². The summed E-state index contributed by atoms with van der Waals surface area (Å²) >= 11 is 1.85. The molecule has 0 aliphatic heterocycles. The lowest BCUT2D eigenvalue weighted by Crippen LogP contribution is -2.35. The minimum absolute atomic E-state index is 0.0985. The molecule has 0 saturated heterocycles. The molecule has 0 amide bonds. The molecule has 0 aliphatic carbocycles. The Morgan fingerprint density at radius 3 is 2.18 bits per heavy atom. The monoisotopic (exact) mass is 530 g/mol. The Labute approximate surface area is 235 Å². The van der Waals surface area contributed by atoms with Crippen LogP contribution in [0.15, 0.2) is 126 Å². The number of aromatic nitrogens is 2. The molecule has 0 bridgehead atoms. The van der Waals surface area contributed by atoms with Gasteiger partial charge in [-0.25, -0.2) is 4.98 Å². The molecule has 2 aromatic heterocycles. The largest absolute Gasteiger partial charge is 0.369 e. The summed E-state index contributed by atoms with van der Waals surface area (Å²) in [4.78, 5) is 10.6. The fourth-order valence-electron chi connectivity index (χ4n) is 4.59. The Morgan fingerprint density at radius 1 is 0.769 bits per heavy atom. The fourth-order valence-corrected chi connectivity index (χ4v) is 5.62. The van der Waals surface area contributed by atoms with Crippen LogP contribution >= 0.6 is 11.8 Å². The summed E-state index contributed by atoms with van der Waals surface area (Å²) in [6.45, 7) is 5.07. The number of rotatable bonds is 10. The second-order valence-corrected chi connectivity index (χ2v) is 11.3. The number of pyridine rings is 2. The van der Waals surface area contributed by atoms with Crippen LogP contribution in [0.3, 0.4) is 0 Å². The van der Waals surface area contributed by atoms with Gasteiger partial charge >= 0.3 is 0 Å². The van der Waals surface area contributed by atoms with Gasteiger partial charge < -0.3 is 11.1 Å². The van der Waals surface area contributed by atoms with Crippen molar-refractivity contribution in [3.05, 3.63) is 133 Å². The number of nitrogens with one attached hydrogen (secondary N) is 1. The maximum absolute atomic E-state index is 6.68. The maximum Gasteiger partial charge on any atom is 0.126 e. The van der Waals surface area contributed by atoms with E-state index in [1.54, 1.807) is 0 Å². The highest BCUT2D eigenvalue weighted by molar-refractivity contribution is 7.98. The van der Waals surface area contributed by atoms with E-state index >= 15 is 0 Å². The quantitative estimate of drug-likeness (QED) is 0.178. The first kappa shape index (κ1) is 26.7. The van der Waals surface area contributed by atoms with E-state index in [9.17, 15) is 0 Å². The third kappa shape index (κ3) is 6.56. The van der Waals surface area contributed by atoms with Crippen LogP contribution in [0.4, 0.5) is 5.82 Å². The van der Waals surface area contributed by atoms with Gasteiger partial charge in [-0.1, -0.05) is 92.7 Å². The van der Waals surface area contributed by atoms with Crippen LogP contribution in [-0.4, -0.2) is 16.5 Å². The van der Waals surface area contributed by atoms with Gasteiger partial charge in [-0.3, -0.25) is 4.98 Å². The van der Waals surface area contributed by atoms with E-state index in [0.29, 0.717) is 6.54 Å². The Morgan fingerprint density at radius 2 is 1.44 bits per heavy atom. The van der Waals surface area contributed by atoms with Crippen LogP contribution in [0.1, 0.15) is 31.0 Å². The SMILES string of the molecule is CC(C)(CNc1ccc(-c2ccccc2SCc2ccccc2)c(-c2ccncc2)n1)C(N)c1ccccc1. The average Bonchev–Trinajstić information content (AvgIpc) is 3.00. The second-order valence-electron chi connectivity index (χ2n) is 10.3. The summed E-state index contributed by atoms with van der Waals surface area (Å²) < 4.78 is 0. The van der Waals surface area contributed by atoms with Gasteiger partial charge in [0.25, 0.3) is 0 Å². The van der Waals surface area contributed by atoms with Crippen molar-refractivity contribution in [2.75, 3.05) is 11.9 Å². The Hall–Kier alpha value is -3.93. The lowest BCUT2D eigenvalue weighted by molar-refractivity contribution is 0.310. The number of hydrogen-bond donors (Lipinski definition) is 2. The molecule has 0 aliphatic rings. The highest BCUT2D eigenvalue weighted by Crippen LogP contribution is 2.39. The predicted octanol–water partition coefficient (Wildman–Crippen LogP) is 8.24. The van der Waals surface area contributed by atoms with Crippen molar-refractivity contribution in [3.8, 4) is 22.4 Å². The topological polar surface area (TPSA) is 63.8 Å². The fraction of sp³-hybridized carbons (Fsp3) is 0.176. The minimum atomic E-state index is -0.181. The van der Waals surface area contributed by atoms with Crippen LogP contribution in [0.5, 0.6) is 0 Å².